The molecule has 0 amide bonds. The van der Waals surface area contributed by atoms with Crippen molar-refractivity contribution >= 4 is 17.7 Å². The van der Waals surface area contributed by atoms with Gasteiger partial charge in [0.1, 0.15) is 0 Å². The molecule has 0 aliphatic rings. The van der Waals surface area contributed by atoms with E-state index in [-0.39, 0.29) is 11.6 Å². The van der Waals surface area contributed by atoms with E-state index in [4.69, 9.17) is 15.2 Å². The maximum Gasteiger partial charge on any atom is 0.330 e. The van der Waals surface area contributed by atoms with Crippen molar-refractivity contribution in [3.8, 4) is 0 Å². The van der Waals surface area contributed by atoms with E-state index in [0.717, 1.165) is 5.56 Å². The molecule has 0 atom stereocenters. The largest absolute Gasteiger partial charge is 0.462 e. The van der Waals surface area contributed by atoms with E-state index >= 15 is 0 Å². The fourth-order valence-electron chi connectivity index (χ4n) is 1.32. The van der Waals surface area contributed by atoms with Gasteiger partial charge in [-0.05, 0) is 37.6 Å². The first-order valence-electron chi connectivity index (χ1n) is 6.18. The SMILES string of the molecule is COC(C)(C)CCOC(=O)/C=C/c1ccc(N)cc1. The van der Waals surface area contributed by atoms with Gasteiger partial charge < -0.3 is 15.2 Å². The summed E-state index contributed by atoms with van der Waals surface area (Å²) in [5.74, 6) is -0.358. The summed E-state index contributed by atoms with van der Waals surface area (Å²) in [5.41, 5.74) is 6.90. The van der Waals surface area contributed by atoms with Gasteiger partial charge in [-0.3, -0.25) is 0 Å². The summed E-state index contributed by atoms with van der Waals surface area (Å²) in [4.78, 5) is 11.5. The van der Waals surface area contributed by atoms with Crippen molar-refractivity contribution in [3.05, 3.63) is 35.9 Å². The van der Waals surface area contributed by atoms with E-state index in [1.807, 2.05) is 26.0 Å². The van der Waals surface area contributed by atoms with Gasteiger partial charge in [0, 0.05) is 25.3 Å². The number of methoxy groups -OCH3 is 1. The van der Waals surface area contributed by atoms with E-state index in [2.05, 4.69) is 0 Å². The lowest BCUT2D eigenvalue weighted by molar-refractivity contribution is -0.139. The standard InChI is InChI=1S/C15H21NO3/c1-15(2,18-3)10-11-19-14(17)9-6-12-4-7-13(16)8-5-12/h4-9H,10-11,16H2,1-3H3/b9-6+. The Morgan fingerprint density at radius 2 is 1.95 bits per heavy atom. The molecule has 0 saturated carbocycles. The highest BCUT2D eigenvalue weighted by Gasteiger charge is 2.16. The monoisotopic (exact) mass is 263 g/mol. The summed E-state index contributed by atoms with van der Waals surface area (Å²) in [5, 5.41) is 0. The average molecular weight is 263 g/mol. The molecule has 1 aromatic rings. The number of esters is 1. The van der Waals surface area contributed by atoms with Crippen molar-refractivity contribution in [3.63, 3.8) is 0 Å². The predicted molar refractivity (Wildman–Crippen MR) is 76.6 cm³/mol. The van der Waals surface area contributed by atoms with Crippen molar-refractivity contribution in [2.45, 2.75) is 25.9 Å². The molecule has 1 aromatic carbocycles. The molecular weight excluding hydrogens is 242 g/mol. The topological polar surface area (TPSA) is 61.5 Å². The Kier molecular flexibility index (Phi) is 5.57. The van der Waals surface area contributed by atoms with Crippen LogP contribution in [0.25, 0.3) is 6.08 Å². The average Bonchev–Trinajstić information content (AvgIpc) is 2.38. The van der Waals surface area contributed by atoms with Gasteiger partial charge in [0.25, 0.3) is 0 Å². The van der Waals surface area contributed by atoms with Gasteiger partial charge in [-0.2, -0.15) is 0 Å². The Labute approximate surface area is 114 Å². The second-order valence-electron chi connectivity index (χ2n) is 4.88. The van der Waals surface area contributed by atoms with E-state index in [9.17, 15) is 4.79 Å². The molecule has 19 heavy (non-hydrogen) atoms. The van der Waals surface area contributed by atoms with Gasteiger partial charge in [-0.25, -0.2) is 4.79 Å². The summed E-state index contributed by atoms with van der Waals surface area (Å²) in [6, 6.07) is 7.25. The summed E-state index contributed by atoms with van der Waals surface area (Å²) in [6.07, 6.45) is 3.76. The minimum atomic E-state index is -0.358. The molecule has 4 nitrogen and oxygen atoms in total. The minimum Gasteiger partial charge on any atom is -0.462 e. The number of nitrogen functional groups attached to an aromatic ring is 1. The van der Waals surface area contributed by atoms with Crippen molar-refractivity contribution < 1.29 is 14.3 Å². The highest BCUT2D eigenvalue weighted by Crippen LogP contribution is 2.12. The van der Waals surface area contributed by atoms with Gasteiger partial charge in [0.05, 0.1) is 12.2 Å². The van der Waals surface area contributed by atoms with Crippen LogP contribution in [0.1, 0.15) is 25.8 Å². The lowest BCUT2D eigenvalue weighted by atomic mass is 10.1. The summed E-state index contributed by atoms with van der Waals surface area (Å²) >= 11 is 0. The van der Waals surface area contributed by atoms with Gasteiger partial charge in [-0.15, -0.1) is 0 Å². The first kappa shape index (κ1) is 15.2. The van der Waals surface area contributed by atoms with Crippen molar-refractivity contribution in [2.24, 2.45) is 0 Å². The molecule has 0 heterocycles. The number of nitrogens with two attached hydrogens (primary N) is 1. The molecule has 0 fully saturated rings. The number of rotatable bonds is 6. The highest BCUT2D eigenvalue weighted by molar-refractivity contribution is 5.87. The Balaban J connectivity index is 2.37. The van der Waals surface area contributed by atoms with Crippen LogP contribution in [0, 0.1) is 0 Å². The fraction of sp³-hybridized carbons (Fsp3) is 0.400. The minimum absolute atomic E-state index is 0.277. The number of anilines is 1. The van der Waals surface area contributed by atoms with Gasteiger partial charge >= 0.3 is 5.97 Å². The summed E-state index contributed by atoms with van der Waals surface area (Å²) in [7, 11) is 1.64. The van der Waals surface area contributed by atoms with Gasteiger partial charge in [0.15, 0.2) is 0 Å². The number of hydrogen-bond acceptors (Lipinski definition) is 4. The Morgan fingerprint density at radius 1 is 1.32 bits per heavy atom. The third kappa shape index (κ3) is 6.06. The van der Waals surface area contributed by atoms with Crippen LogP contribution < -0.4 is 5.73 Å². The number of carbonyl (C=O) groups excluding carboxylic acids is 1. The quantitative estimate of drug-likeness (QED) is 0.487. The fourth-order valence-corrected chi connectivity index (χ4v) is 1.32. The zero-order chi connectivity index (χ0) is 14.3. The zero-order valence-corrected chi connectivity index (χ0v) is 11.7. The molecule has 104 valence electrons. The Bertz CT molecular complexity index is 435. The molecular formula is C15H21NO3. The van der Waals surface area contributed by atoms with Crippen LogP contribution in [0.15, 0.2) is 30.3 Å². The van der Waals surface area contributed by atoms with Crippen molar-refractivity contribution in [2.75, 3.05) is 19.5 Å². The van der Waals surface area contributed by atoms with Gasteiger partial charge in [-0.1, -0.05) is 12.1 Å². The summed E-state index contributed by atoms with van der Waals surface area (Å²) in [6.45, 7) is 4.24. The molecule has 4 heteroatoms. The van der Waals surface area contributed by atoms with Crippen LogP contribution in [-0.4, -0.2) is 25.3 Å². The second kappa shape index (κ2) is 6.95. The molecule has 0 radical (unpaired) electrons. The van der Waals surface area contributed by atoms with E-state index in [1.165, 1.54) is 6.08 Å². The zero-order valence-electron chi connectivity index (χ0n) is 11.7. The van der Waals surface area contributed by atoms with Crippen molar-refractivity contribution in [1.29, 1.82) is 0 Å². The van der Waals surface area contributed by atoms with Crippen LogP contribution >= 0.6 is 0 Å². The number of ether oxygens (including phenoxy) is 2. The van der Waals surface area contributed by atoms with Crippen LogP contribution in [0.3, 0.4) is 0 Å². The maximum atomic E-state index is 11.5. The van der Waals surface area contributed by atoms with Crippen LogP contribution in [0.2, 0.25) is 0 Å². The molecule has 0 aliphatic heterocycles. The Hall–Kier alpha value is -1.81. The smallest absolute Gasteiger partial charge is 0.330 e. The molecule has 0 spiro atoms. The summed E-state index contributed by atoms with van der Waals surface area (Å²) < 4.78 is 10.3. The van der Waals surface area contributed by atoms with Crippen LogP contribution in [0.5, 0.6) is 0 Å². The third-order valence-corrected chi connectivity index (χ3v) is 2.85. The molecule has 2 N–H and O–H groups in total. The predicted octanol–water partition coefficient (Wildman–Crippen LogP) is 2.64. The van der Waals surface area contributed by atoms with E-state index in [0.29, 0.717) is 18.7 Å². The Morgan fingerprint density at radius 3 is 2.53 bits per heavy atom. The van der Waals surface area contributed by atoms with Crippen LogP contribution in [0.4, 0.5) is 5.69 Å². The van der Waals surface area contributed by atoms with Crippen molar-refractivity contribution in [1.82, 2.24) is 0 Å². The molecule has 0 unspecified atom stereocenters. The maximum absolute atomic E-state index is 11.5. The molecule has 0 saturated heterocycles. The second-order valence-corrected chi connectivity index (χ2v) is 4.88. The first-order valence-corrected chi connectivity index (χ1v) is 6.18. The molecule has 0 aliphatic carbocycles. The first-order chi connectivity index (χ1) is 8.93. The number of benzene rings is 1. The van der Waals surface area contributed by atoms with E-state index in [1.54, 1.807) is 25.3 Å². The molecule has 0 aromatic heterocycles. The number of hydrogen-bond donors (Lipinski definition) is 1. The van der Waals surface area contributed by atoms with Gasteiger partial charge in [0.2, 0.25) is 0 Å². The normalized spacial score (nSPS) is 11.7. The number of carbonyl (C=O) groups is 1. The highest BCUT2D eigenvalue weighted by atomic mass is 16.5. The molecule has 1 rings (SSSR count). The van der Waals surface area contributed by atoms with Crippen LogP contribution in [-0.2, 0) is 14.3 Å². The molecule has 0 bridgehead atoms. The lowest BCUT2D eigenvalue weighted by Gasteiger charge is -2.21. The lowest BCUT2D eigenvalue weighted by Crippen LogP contribution is -2.24. The van der Waals surface area contributed by atoms with E-state index < -0.39 is 0 Å². The third-order valence-electron chi connectivity index (χ3n) is 2.85.